The predicted octanol–water partition coefficient (Wildman–Crippen LogP) is 2.09. The lowest BCUT2D eigenvalue weighted by Crippen LogP contribution is -2.14. The van der Waals surface area contributed by atoms with Crippen molar-refractivity contribution in [2.24, 2.45) is 0 Å². The molecule has 0 bridgehead atoms. The van der Waals surface area contributed by atoms with Crippen LogP contribution in [-0.2, 0) is 10.0 Å². The third-order valence-corrected chi connectivity index (χ3v) is 4.20. The number of sulfonamides is 1. The van der Waals surface area contributed by atoms with E-state index in [9.17, 15) is 8.42 Å². The Morgan fingerprint density at radius 3 is 2.48 bits per heavy atom. The minimum absolute atomic E-state index is 0.0205. The zero-order valence-corrected chi connectivity index (χ0v) is 12.5. The van der Waals surface area contributed by atoms with Crippen LogP contribution in [0.15, 0.2) is 47.4 Å². The summed E-state index contributed by atoms with van der Waals surface area (Å²) in [6, 6.07) is 11.0. The Morgan fingerprint density at radius 2 is 1.81 bits per heavy atom. The molecule has 2 aromatic carbocycles. The van der Waals surface area contributed by atoms with E-state index in [1.54, 1.807) is 30.3 Å². The molecule has 0 heterocycles. The normalized spacial score (nSPS) is 11.0. The molecular weight excluding hydrogens is 292 g/mol. The molecule has 0 atom stereocenters. The Hall–Kier alpha value is -2.41. The van der Waals surface area contributed by atoms with Crippen molar-refractivity contribution in [3.05, 3.63) is 42.5 Å². The first-order valence-corrected chi connectivity index (χ1v) is 7.55. The quantitative estimate of drug-likeness (QED) is 0.825. The Balaban J connectivity index is 2.40. The van der Waals surface area contributed by atoms with Crippen LogP contribution >= 0.6 is 0 Å². The molecule has 0 aliphatic carbocycles. The van der Waals surface area contributed by atoms with Crippen LogP contribution in [0.3, 0.4) is 0 Å². The molecule has 0 saturated carbocycles. The maximum Gasteiger partial charge on any atom is 0.265 e. The van der Waals surface area contributed by atoms with Crippen molar-refractivity contribution < 1.29 is 17.9 Å². The molecule has 0 amide bonds. The summed E-state index contributed by atoms with van der Waals surface area (Å²) >= 11 is 0. The topological polar surface area (TPSA) is 90.7 Å². The van der Waals surface area contributed by atoms with E-state index in [1.165, 1.54) is 26.4 Å². The summed E-state index contributed by atoms with van der Waals surface area (Å²) in [5.41, 5.74) is 6.37. The van der Waals surface area contributed by atoms with Crippen molar-refractivity contribution in [3.8, 4) is 11.5 Å². The van der Waals surface area contributed by atoms with E-state index in [4.69, 9.17) is 15.2 Å². The molecule has 3 N–H and O–H groups in total. The van der Waals surface area contributed by atoms with E-state index in [0.29, 0.717) is 17.1 Å². The minimum Gasteiger partial charge on any atom is -0.497 e. The summed E-state index contributed by atoms with van der Waals surface area (Å²) in [5.74, 6) is 0.773. The van der Waals surface area contributed by atoms with Gasteiger partial charge in [-0.2, -0.15) is 0 Å². The predicted molar refractivity (Wildman–Crippen MR) is 81.2 cm³/mol. The molecule has 6 nitrogen and oxygen atoms in total. The van der Waals surface area contributed by atoms with Gasteiger partial charge in [0, 0.05) is 11.8 Å². The second-order valence-corrected chi connectivity index (χ2v) is 5.90. The highest BCUT2D eigenvalue weighted by Crippen LogP contribution is 2.28. The van der Waals surface area contributed by atoms with Gasteiger partial charge in [0.25, 0.3) is 10.0 Å². The number of benzene rings is 2. The van der Waals surface area contributed by atoms with Gasteiger partial charge in [-0.3, -0.25) is 4.72 Å². The summed E-state index contributed by atoms with van der Waals surface area (Å²) in [5, 5.41) is 0. The van der Waals surface area contributed by atoms with Gasteiger partial charge in [-0.1, -0.05) is 6.07 Å². The number of methoxy groups -OCH3 is 2. The first-order valence-electron chi connectivity index (χ1n) is 6.06. The summed E-state index contributed by atoms with van der Waals surface area (Å²) in [4.78, 5) is -0.0205. The number of hydrogen-bond acceptors (Lipinski definition) is 5. The van der Waals surface area contributed by atoms with Gasteiger partial charge in [0.05, 0.1) is 19.9 Å². The molecule has 0 aliphatic rings. The lowest BCUT2D eigenvalue weighted by molar-refractivity contribution is 0.403. The van der Waals surface area contributed by atoms with Gasteiger partial charge in [-0.15, -0.1) is 0 Å². The van der Waals surface area contributed by atoms with Crippen molar-refractivity contribution in [2.45, 2.75) is 4.90 Å². The lowest BCUT2D eigenvalue weighted by atomic mass is 10.3. The van der Waals surface area contributed by atoms with Gasteiger partial charge < -0.3 is 15.2 Å². The highest BCUT2D eigenvalue weighted by molar-refractivity contribution is 7.92. The number of rotatable bonds is 5. The molecule has 0 fully saturated rings. The lowest BCUT2D eigenvalue weighted by Gasteiger charge is -2.12. The molecular formula is C14H16N2O4S. The maximum atomic E-state index is 12.4. The van der Waals surface area contributed by atoms with Crippen LogP contribution in [-0.4, -0.2) is 22.6 Å². The molecule has 2 rings (SSSR count). The van der Waals surface area contributed by atoms with Crippen molar-refractivity contribution in [1.82, 2.24) is 0 Å². The number of nitrogens with two attached hydrogens (primary N) is 1. The number of ether oxygens (including phenoxy) is 2. The highest BCUT2D eigenvalue weighted by Gasteiger charge is 2.20. The van der Waals surface area contributed by atoms with Crippen LogP contribution in [0.2, 0.25) is 0 Å². The molecule has 21 heavy (non-hydrogen) atoms. The second kappa shape index (κ2) is 5.92. The van der Waals surface area contributed by atoms with E-state index >= 15 is 0 Å². The van der Waals surface area contributed by atoms with Gasteiger partial charge >= 0.3 is 0 Å². The van der Waals surface area contributed by atoms with Crippen LogP contribution in [0, 0.1) is 0 Å². The fraction of sp³-hybridized carbons (Fsp3) is 0.143. The fourth-order valence-corrected chi connectivity index (χ4v) is 3.05. The Labute approximate surface area is 123 Å². The smallest absolute Gasteiger partial charge is 0.265 e. The van der Waals surface area contributed by atoms with E-state index in [-0.39, 0.29) is 10.6 Å². The van der Waals surface area contributed by atoms with E-state index < -0.39 is 10.0 Å². The van der Waals surface area contributed by atoms with Gasteiger partial charge in [-0.05, 0) is 30.3 Å². The van der Waals surface area contributed by atoms with Crippen molar-refractivity contribution in [1.29, 1.82) is 0 Å². The molecule has 0 unspecified atom stereocenters. The summed E-state index contributed by atoms with van der Waals surface area (Å²) in [6.07, 6.45) is 0. The molecule has 0 aromatic heterocycles. The maximum absolute atomic E-state index is 12.4. The second-order valence-electron chi connectivity index (χ2n) is 4.25. The number of nitrogen functional groups attached to an aromatic ring is 1. The van der Waals surface area contributed by atoms with Crippen LogP contribution in [0.25, 0.3) is 0 Å². The Morgan fingerprint density at radius 1 is 1.05 bits per heavy atom. The molecule has 0 saturated heterocycles. The summed E-state index contributed by atoms with van der Waals surface area (Å²) < 4.78 is 37.5. The SMILES string of the molecule is COc1cccc(NS(=O)(=O)c2cc(N)ccc2OC)c1. The van der Waals surface area contributed by atoms with Crippen LogP contribution in [0.1, 0.15) is 0 Å². The van der Waals surface area contributed by atoms with E-state index in [0.717, 1.165) is 0 Å². The van der Waals surface area contributed by atoms with Crippen molar-refractivity contribution in [3.63, 3.8) is 0 Å². The zero-order chi connectivity index (χ0) is 15.5. The molecule has 2 aromatic rings. The highest BCUT2D eigenvalue weighted by atomic mass is 32.2. The van der Waals surface area contributed by atoms with Crippen LogP contribution in [0.4, 0.5) is 11.4 Å². The standard InChI is InChI=1S/C14H16N2O4S/c1-19-12-5-3-4-11(9-12)16-21(17,18)14-8-10(15)6-7-13(14)20-2/h3-9,16H,15H2,1-2H3. The summed E-state index contributed by atoms with van der Waals surface area (Å²) in [7, 11) is -0.907. The number of anilines is 2. The average Bonchev–Trinajstić information content (AvgIpc) is 2.47. The van der Waals surface area contributed by atoms with Gasteiger partial charge in [0.2, 0.25) is 0 Å². The first-order chi connectivity index (χ1) is 9.96. The van der Waals surface area contributed by atoms with Crippen molar-refractivity contribution in [2.75, 3.05) is 24.7 Å². The van der Waals surface area contributed by atoms with Gasteiger partial charge in [0.1, 0.15) is 16.4 Å². The average molecular weight is 308 g/mol. The Kier molecular flexibility index (Phi) is 4.23. The molecule has 0 radical (unpaired) electrons. The third kappa shape index (κ3) is 3.38. The minimum atomic E-state index is -3.81. The van der Waals surface area contributed by atoms with Gasteiger partial charge in [-0.25, -0.2) is 8.42 Å². The number of nitrogens with one attached hydrogen (secondary N) is 1. The van der Waals surface area contributed by atoms with Crippen LogP contribution < -0.4 is 19.9 Å². The monoisotopic (exact) mass is 308 g/mol. The molecule has 7 heteroatoms. The molecule has 112 valence electrons. The largest absolute Gasteiger partial charge is 0.497 e. The van der Waals surface area contributed by atoms with Crippen LogP contribution in [0.5, 0.6) is 11.5 Å². The fourth-order valence-electron chi connectivity index (χ4n) is 1.80. The molecule has 0 aliphatic heterocycles. The Bertz CT molecular complexity index is 744. The number of hydrogen-bond donors (Lipinski definition) is 2. The van der Waals surface area contributed by atoms with Gasteiger partial charge in [0.15, 0.2) is 0 Å². The molecule has 0 spiro atoms. The van der Waals surface area contributed by atoms with Crippen molar-refractivity contribution >= 4 is 21.4 Å². The van der Waals surface area contributed by atoms with E-state index in [1.807, 2.05) is 0 Å². The zero-order valence-electron chi connectivity index (χ0n) is 11.7. The van der Waals surface area contributed by atoms with E-state index in [2.05, 4.69) is 4.72 Å². The summed E-state index contributed by atoms with van der Waals surface area (Å²) in [6.45, 7) is 0. The third-order valence-electron chi connectivity index (χ3n) is 2.80. The first kappa shape index (κ1) is 15.0.